The normalized spacial score (nSPS) is 17.0. The molecular weight excluding hydrogens is 381 g/mol. The summed E-state index contributed by atoms with van der Waals surface area (Å²) in [7, 11) is 0. The van der Waals surface area contributed by atoms with Crippen molar-refractivity contribution in [1.82, 2.24) is 15.2 Å². The van der Waals surface area contributed by atoms with Gasteiger partial charge in [0.15, 0.2) is 5.78 Å². The summed E-state index contributed by atoms with van der Waals surface area (Å²) in [6, 6.07) is 14.1. The number of aromatic nitrogens is 1. The van der Waals surface area contributed by atoms with Crippen molar-refractivity contribution in [3.8, 4) is 0 Å². The van der Waals surface area contributed by atoms with E-state index < -0.39 is 0 Å². The molecule has 0 spiro atoms. The molecule has 1 aromatic carbocycles. The van der Waals surface area contributed by atoms with Gasteiger partial charge in [0.05, 0.1) is 6.04 Å². The maximum Gasteiger partial charge on any atom is 0.153 e. The molecule has 1 aromatic heterocycles. The van der Waals surface area contributed by atoms with Crippen LogP contribution in [0.4, 0.5) is 0 Å². The number of hydrogen-bond donors (Lipinski definition) is 1. The molecule has 4 nitrogen and oxygen atoms in total. The van der Waals surface area contributed by atoms with E-state index in [2.05, 4.69) is 39.5 Å². The van der Waals surface area contributed by atoms with E-state index in [-0.39, 0.29) is 18.2 Å². The van der Waals surface area contributed by atoms with Crippen LogP contribution in [0.15, 0.2) is 42.5 Å². The number of nitrogens with zero attached hydrogens (tertiary/aromatic N) is 2. The number of carbonyl (C=O) groups is 1. The number of nitrogens with one attached hydrogen (secondary N) is 1. The van der Waals surface area contributed by atoms with E-state index >= 15 is 0 Å². The molecule has 2 heterocycles. The number of likely N-dealkylation sites (tertiary alicyclic amines) is 1. The van der Waals surface area contributed by atoms with Crippen molar-refractivity contribution >= 4 is 29.0 Å². The van der Waals surface area contributed by atoms with Crippen LogP contribution in [0.25, 0.3) is 0 Å². The van der Waals surface area contributed by atoms with Gasteiger partial charge >= 0.3 is 0 Å². The summed E-state index contributed by atoms with van der Waals surface area (Å²) in [5.41, 5.74) is 2.07. The fraction of sp³-hybridized carbons (Fsp3) is 0.429. The number of benzene rings is 1. The Labute approximate surface area is 170 Å². The average molecular weight is 406 g/mol. The van der Waals surface area contributed by atoms with Crippen molar-refractivity contribution in [3.05, 3.63) is 63.9 Å². The Morgan fingerprint density at radius 2 is 1.89 bits per heavy atom. The van der Waals surface area contributed by atoms with E-state index in [4.69, 9.17) is 23.2 Å². The summed E-state index contributed by atoms with van der Waals surface area (Å²) in [6.07, 6.45) is 2.37. The molecule has 144 valence electrons. The van der Waals surface area contributed by atoms with Gasteiger partial charge < -0.3 is 5.32 Å². The maximum absolute atomic E-state index is 12.5. The van der Waals surface area contributed by atoms with Gasteiger partial charge in [0.25, 0.3) is 0 Å². The molecule has 0 amide bonds. The first-order valence-electron chi connectivity index (χ1n) is 9.37. The molecule has 0 saturated carbocycles. The molecule has 1 aliphatic heterocycles. The molecule has 27 heavy (non-hydrogen) atoms. The third-order valence-electron chi connectivity index (χ3n) is 5.06. The van der Waals surface area contributed by atoms with Gasteiger partial charge in [0, 0.05) is 19.0 Å². The lowest BCUT2D eigenvalue weighted by Crippen LogP contribution is -2.47. The van der Waals surface area contributed by atoms with E-state index in [0.29, 0.717) is 16.3 Å². The Kier molecular flexibility index (Phi) is 7.25. The van der Waals surface area contributed by atoms with Gasteiger partial charge in [0.1, 0.15) is 10.3 Å². The Balaban J connectivity index is 1.44. The van der Waals surface area contributed by atoms with Crippen LogP contribution in [0, 0.1) is 0 Å². The number of halogens is 2. The highest BCUT2D eigenvalue weighted by molar-refractivity contribution is 6.33. The van der Waals surface area contributed by atoms with Gasteiger partial charge in [0.2, 0.25) is 0 Å². The molecule has 2 aromatic rings. The zero-order chi connectivity index (χ0) is 19.2. The summed E-state index contributed by atoms with van der Waals surface area (Å²) >= 11 is 11.9. The Morgan fingerprint density at radius 1 is 1.19 bits per heavy atom. The molecule has 1 atom stereocenters. The standard InChI is InChI=1S/C21H25Cl2N3O/c1-15(19(27)13-17-7-8-20(22)25-21(17)23)24-18-9-11-26(12-10-18)14-16-5-3-2-4-6-16/h2-8,15,18,24H,9-14H2,1H3/t15-/m1/s1. The zero-order valence-corrected chi connectivity index (χ0v) is 17.0. The van der Waals surface area contributed by atoms with Crippen molar-refractivity contribution in [3.63, 3.8) is 0 Å². The largest absolute Gasteiger partial charge is 0.305 e. The van der Waals surface area contributed by atoms with Crippen LogP contribution >= 0.6 is 23.2 Å². The fourth-order valence-electron chi connectivity index (χ4n) is 3.46. The number of hydrogen-bond acceptors (Lipinski definition) is 4. The van der Waals surface area contributed by atoms with Crippen LogP contribution in [0.1, 0.15) is 30.9 Å². The second kappa shape index (κ2) is 9.65. The minimum atomic E-state index is -0.206. The number of Topliss-reactive ketones (excluding diaryl/α,β-unsaturated/α-hetero) is 1. The van der Waals surface area contributed by atoms with Gasteiger partial charge in [-0.3, -0.25) is 9.69 Å². The van der Waals surface area contributed by atoms with Crippen LogP contribution in [0.3, 0.4) is 0 Å². The first-order valence-corrected chi connectivity index (χ1v) is 10.1. The molecule has 0 aliphatic carbocycles. The van der Waals surface area contributed by atoms with Gasteiger partial charge in [-0.05, 0) is 50.0 Å². The smallest absolute Gasteiger partial charge is 0.153 e. The SMILES string of the molecule is C[C@@H](NC1CCN(Cc2ccccc2)CC1)C(=O)Cc1ccc(Cl)nc1Cl. The van der Waals surface area contributed by atoms with Gasteiger partial charge in [-0.15, -0.1) is 0 Å². The summed E-state index contributed by atoms with van der Waals surface area (Å²) in [5.74, 6) is 0.118. The predicted octanol–water partition coefficient (Wildman–Crippen LogP) is 4.14. The predicted molar refractivity (Wildman–Crippen MR) is 110 cm³/mol. The van der Waals surface area contributed by atoms with E-state index in [9.17, 15) is 4.79 Å². The minimum Gasteiger partial charge on any atom is -0.305 e. The van der Waals surface area contributed by atoms with Crippen molar-refractivity contribution in [1.29, 1.82) is 0 Å². The number of carbonyl (C=O) groups excluding carboxylic acids is 1. The van der Waals surface area contributed by atoms with Crippen molar-refractivity contribution in [2.45, 2.75) is 44.8 Å². The first kappa shape index (κ1) is 20.3. The summed E-state index contributed by atoms with van der Waals surface area (Å²) in [4.78, 5) is 19.0. The monoisotopic (exact) mass is 405 g/mol. The lowest BCUT2D eigenvalue weighted by Gasteiger charge is -2.33. The molecular formula is C21H25Cl2N3O. The second-order valence-electron chi connectivity index (χ2n) is 7.15. The Hall–Kier alpha value is -1.46. The third-order valence-corrected chi connectivity index (χ3v) is 5.60. The Morgan fingerprint density at radius 3 is 2.56 bits per heavy atom. The molecule has 3 rings (SSSR count). The molecule has 0 radical (unpaired) electrons. The zero-order valence-electron chi connectivity index (χ0n) is 15.5. The van der Waals surface area contributed by atoms with Crippen LogP contribution in [-0.4, -0.2) is 40.8 Å². The maximum atomic E-state index is 12.5. The summed E-state index contributed by atoms with van der Waals surface area (Å²) in [5, 5.41) is 4.13. The molecule has 1 fully saturated rings. The molecule has 6 heteroatoms. The van der Waals surface area contributed by atoms with Crippen LogP contribution in [0.2, 0.25) is 10.3 Å². The fourth-order valence-corrected chi connectivity index (χ4v) is 3.87. The number of rotatable bonds is 7. The third kappa shape index (κ3) is 6.01. The number of piperidine rings is 1. The first-order chi connectivity index (χ1) is 13.0. The van der Waals surface area contributed by atoms with Gasteiger partial charge in [-0.2, -0.15) is 0 Å². The van der Waals surface area contributed by atoms with Crippen LogP contribution < -0.4 is 5.32 Å². The molecule has 0 bridgehead atoms. The topological polar surface area (TPSA) is 45.2 Å². The average Bonchev–Trinajstić information content (AvgIpc) is 2.66. The van der Waals surface area contributed by atoms with Crippen molar-refractivity contribution < 1.29 is 4.79 Å². The quantitative estimate of drug-likeness (QED) is 0.702. The number of ketones is 1. The van der Waals surface area contributed by atoms with E-state index in [0.717, 1.165) is 38.0 Å². The highest BCUT2D eigenvalue weighted by atomic mass is 35.5. The summed E-state index contributed by atoms with van der Waals surface area (Å²) in [6.45, 7) is 5.00. The summed E-state index contributed by atoms with van der Waals surface area (Å²) < 4.78 is 0. The van der Waals surface area contributed by atoms with E-state index in [1.165, 1.54) is 5.56 Å². The van der Waals surface area contributed by atoms with Crippen LogP contribution in [0.5, 0.6) is 0 Å². The molecule has 1 aliphatic rings. The lowest BCUT2D eigenvalue weighted by molar-refractivity contribution is -0.120. The van der Waals surface area contributed by atoms with E-state index in [1.54, 1.807) is 12.1 Å². The Bertz CT molecular complexity index is 761. The van der Waals surface area contributed by atoms with Crippen molar-refractivity contribution in [2.24, 2.45) is 0 Å². The molecule has 0 unspecified atom stereocenters. The second-order valence-corrected chi connectivity index (χ2v) is 7.90. The van der Waals surface area contributed by atoms with E-state index in [1.807, 2.05) is 13.0 Å². The molecule has 1 N–H and O–H groups in total. The highest BCUT2D eigenvalue weighted by Crippen LogP contribution is 2.18. The van der Waals surface area contributed by atoms with Crippen molar-refractivity contribution in [2.75, 3.05) is 13.1 Å². The van der Waals surface area contributed by atoms with Gasteiger partial charge in [-0.1, -0.05) is 59.6 Å². The van der Waals surface area contributed by atoms with Crippen LogP contribution in [-0.2, 0) is 17.8 Å². The molecule has 1 saturated heterocycles. The number of pyridine rings is 1. The highest BCUT2D eigenvalue weighted by Gasteiger charge is 2.23. The lowest BCUT2D eigenvalue weighted by atomic mass is 10.0. The van der Waals surface area contributed by atoms with Gasteiger partial charge in [-0.25, -0.2) is 4.98 Å². The minimum absolute atomic E-state index is 0.118.